The van der Waals surface area contributed by atoms with Crippen molar-refractivity contribution >= 4 is 61.5 Å². The van der Waals surface area contributed by atoms with Crippen LogP contribution in [0.2, 0.25) is 5.02 Å². The first-order chi connectivity index (χ1) is 12.4. The molecule has 5 nitrogen and oxygen atoms in total. The van der Waals surface area contributed by atoms with Crippen molar-refractivity contribution in [3.05, 3.63) is 56.6 Å². The number of hydrogen-bond donors (Lipinski definition) is 1. The summed E-state index contributed by atoms with van der Waals surface area (Å²) in [5.74, 6) is -0.704. The van der Waals surface area contributed by atoms with Gasteiger partial charge in [-0.2, -0.15) is 13.2 Å². The molecule has 0 heterocycles. The third-order valence-electron chi connectivity index (χ3n) is 3.36. The lowest BCUT2D eigenvalue weighted by atomic mass is 10.2. The molecule has 0 saturated carbocycles. The van der Waals surface area contributed by atoms with Gasteiger partial charge in [-0.05, 0) is 65.1 Å². The zero-order valence-corrected chi connectivity index (χ0v) is 17.4. The Morgan fingerprint density at radius 2 is 1.78 bits per heavy atom. The highest BCUT2D eigenvalue weighted by atomic mass is 127. The summed E-state index contributed by atoms with van der Waals surface area (Å²) >= 11 is 7.64. The lowest BCUT2D eigenvalue weighted by Crippen LogP contribution is -2.37. The molecule has 0 aliphatic rings. The molecule has 2 rings (SSSR count). The Morgan fingerprint density at radius 1 is 1.19 bits per heavy atom. The van der Waals surface area contributed by atoms with Crippen LogP contribution in [0.15, 0.2) is 42.5 Å². The van der Waals surface area contributed by atoms with E-state index in [2.05, 4.69) is 27.9 Å². The van der Waals surface area contributed by atoms with Gasteiger partial charge in [-0.3, -0.25) is 9.10 Å². The number of sulfonamides is 1. The molecule has 146 valence electrons. The van der Waals surface area contributed by atoms with Crippen LogP contribution in [0.4, 0.5) is 24.5 Å². The van der Waals surface area contributed by atoms with Gasteiger partial charge < -0.3 is 5.32 Å². The normalized spacial score (nSPS) is 11.9. The minimum atomic E-state index is -4.76. The van der Waals surface area contributed by atoms with Crippen LogP contribution >= 0.6 is 34.2 Å². The molecule has 0 unspecified atom stereocenters. The van der Waals surface area contributed by atoms with Crippen LogP contribution in [0.1, 0.15) is 5.56 Å². The maximum absolute atomic E-state index is 13.0. The number of rotatable bonds is 5. The maximum atomic E-state index is 13.0. The van der Waals surface area contributed by atoms with Crippen LogP contribution < -0.4 is 9.62 Å². The van der Waals surface area contributed by atoms with Gasteiger partial charge in [-0.25, -0.2) is 8.42 Å². The van der Waals surface area contributed by atoms with Crippen LogP contribution in [-0.2, 0) is 21.0 Å². The van der Waals surface area contributed by atoms with E-state index in [-0.39, 0.29) is 5.69 Å². The minimum Gasteiger partial charge on any atom is -0.325 e. The largest absolute Gasteiger partial charge is 0.417 e. The van der Waals surface area contributed by atoms with E-state index in [0.717, 1.165) is 22.0 Å². The molecule has 0 bridgehead atoms. The predicted octanol–water partition coefficient (Wildman–Crippen LogP) is 4.37. The Hall–Kier alpha value is -1.53. The molecule has 0 saturated heterocycles. The standard InChI is InChI=1S/C16H13ClF3IN2O3S/c1-27(25,26)23(9-15(24)22-11-4-2-10(21)3-5-11)12-6-7-14(17)13(8-12)16(18,19)20/h2-8H,9H2,1H3,(H,22,24). The summed E-state index contributed by atoms with van der Waals surface area (Å²) in [4.78, 5) is 12.2. The van der Waals surface area contributed by atoms with Crippen LogP contribution in [0.3, 0.4) is 0 Å². The fraction of sp³-hybridized carbons (Fsp3) is 0.188. The quantitative estimate of drug-likeness (QED) is 0.582. The van der Waals surface area contributed by atoms with Gasteiger partial charge in [0.05, 0.1) is 22.5 Å². The Morgan fingerprint density at radius 3 is 2.30 bits per heavy atom. The van der Waals surface area contributed by atoms with E-state index in [1.807, 2.05) is 0 Å². The number of benzene rings is 2. The second-order valence-electron chi connectivity index (χ2n) is 5.49. The minimum absolute atomic E-state index is 0.313. The van der Waals surface area contributed by atoms with Crippen LogP contribution in [0.25, 0.3) is 0 Å². The monoisotopic (exact) mass is 532 g/mol. The maximum Gasteiger partial charge on any atom is 0.417 e. The average molecular weight is 533 g/mol. The Bertz CT molecular complexity index is 950. The topological polar surface area (TPSA) is 66.5 Å². The van der Waals surface area contributed by atoms with Gasteiger partial charge in [0.2, 0.25) is 15.9 Å². The van der Waals surface area contributed by atoms with Crippen molar-refractivity contribution in [2.75, 3.05) is 22.4 Å². The van der Waals surface area contributed by atoms with Gasteiger partial charge in [0, 0.05) is 9.26 Å². The lowest BCUT2D eigenvalue weighted by molar-refractivity contribution is -0.137. The molecule has 27 heavy (non-hydrogen) atoms. The third kappa shape index (κ3) is 5.98. The van der Waals surface area contributed by atoms with Crippen molar-refractivity contribution < 1.29 is 26.4 Å². The first-order valence-electron chi connectivity index (χ1n) is 7.28. The highest BCUT2D eigenvalue weighted by Crippen LogP contribution is 2.37. The van der Waals surface area contributed by atoms with Crippen molar-refractivity contribution in [2.45, 2.75) is 6.18 Å². The molecular weight excluding hydrogens is 520 g/mol. The van der Waals surface area contributed by atoms with Gasteiger partial charge in [-0.1, -0.05) is 11.6 Å². The number of amides is 1. The first-order valence-corrected chi connectivity index (χ1v) is 10.6. The first kappa shape index (κ1) is 21.8. The fourth-order valence-electron chi connectivity index (χ4n) is 2.15. The van der Waals surface area contributed by atoms with Crippen LogP contribution in [-0.4, -0.2) is 27.1 Å². The van der Waals surface area contributed by atoms with Gasteiger partial charge in [0.25, 0.3) is 0 Å². The zero-order chi connectivity index (χ0) is 20.4. The number of alkyl halides is 3. The average Bonchev–Trinajstić information content (AvgIpc) is 2.53. The van der Waals surface area contributed by atoms with Crippen molar-refractivity contribution in [3.63, 3.8) is 0 Å². The van der Waals surface area contributed by atoms with Crippen LogP contribution in [0.5, 0.6) is 0 Å². The van der Waals surface area contributed by atoms with Gasteiger partial charge in [0.1, 0.15) is 6.54 Å². The van der Waals surface area contributed by atoms with E-state index >= 15 is 0 Å². The van der Waals surface area contributed by atoms with Gasteiger partial charge in [-0.15, -0.1) is 0 Å². The van der Waals surface area contributed by atoms with Crippen molar-refractivity contribution in [1.29, 1.82) is 0 Å². The zero-order valence-electron chi connectivity index (χ0n) is 13.7. The number of nitrogens with one attached hydrogen (secondary N) is 1. The fourth-order valence-corrected chi connectivity index (χ4v) is 3.58. The summed E-state index contributed by atoms with van der Waals surface area (Å²) in [5, 5.41) is 1.93. The number of carbonyl (C=O) groups excluding carboxylic acids is 1. The lowest BCUT2D eigenvalue weighted by Gasteiger charge is -2.23. The Labute approximate surface area is 172 Å². The summed E-state index contributed by atoms with van der Waals surface area (Å²) in [7, 11) is -4.03. The Balaban J connectivity index is 2.31. The molecule has 11 heteroatoms. The number of nitrogens with zero attached hydrogens (tertiary/aromatic N) is 1. The molecule has 0 atom stereocenters. The van der Waals surface area contributed by atoms with E-state index in [9.17, 15) is 26.4 Å². The second kappa shape index (κ2) is 8.23. The van der Waals surface area contributed by atoms with E-state index in [4.69, 9.17) is 11.6 Å². The molecule has 0 fully saturated rings. The summed E-state index contributed by atoms with van der Waals surface area (Å²) in [6, 6.07) is 9.36. The van der Waals surface area contributed by atoms with Crippen molar-refractivity contribution in [2.24, 2.45) is 0 Å². The molecule has 2 aromatic rings. The molecule has 0 aliphatic carbocycles. The molecular formula is C16H13ClF3IN2O3S. The Kier molecular flexibility index (Phi) is 6.63. The predicted molar refractivity (Wildman–Crippen MR) is 106 cm³/mol. The van der Waals surface area contributed by atoms with Gasteiger partial charge >= 0.3 is 6.18 Å². The van der Waals surface area contributed by atoms with E-state index in [1.54, 1.807) is 24.3 Å². The van der Waals surface area contributed by atoms with Crippen molar-refractivity contribution in [3.8, 4) is 0 Å². The third-order valence-corrected chi connectivity index (χ3v) is 5.55. The molecule has 1 amide bonds. The summed E-state index contributed by atoms with van der Waals surface area (Å²) in [6.45, 7) is -0.691. The van der Waals surface area contributed by atoms with E-state index in [0.29, 0.717) is 16.1 Å². The molecule has 0 radical (unpaired) electrons. The van der Waals surface area contributed by atoms with E-state index in [1.165, 1.54) is 0 Å². The molecule has 0 spiro atoms. The van der Waals surface area contributed by atoms with Crippen LogP contribution in [0, 0.1) is 3.57 Å². The number of carbonyl (C=O) groups is 1. The second-order valence-corrected chi connectivity index (χ2v) is 9.05. The highest BCUT2D eigenvalue weighted by molar-refractivity contribution is 14.1. The van der Waals surface area contributed by atoms with Gasteiger partial charge in [0.15, 0.2) is 0 Å². The molecule has 0 aliphatic heterocycles. The number of hydrogen-bond acceptors (Lipinski definition) is 3. The molecule has 2 aromatic carbocycles. The highest BCUT2D eigenvalue weighted by Gasteiger charge is 2.34. The summed E-state index contributed by atoms with van der Waals surface area (Å²) in [6.07, 6.45) is -3.97. The summed E-state index contributed by atoms with van der Waals surface area (Å²) < 4.78 is 64.7. The summed E-state index contributed by atoms with van der Waals surface area (Å²) in [5.41, 5.74) is -1.07. The smallest absolute Gasteiger partial charge is 0.325 e. The molecule has 1 N–H and O–H groups in total. The van der Waals surface area contributed by atoms with Crippen molar-refractivity contribution in [1.82, 2.24) is 0 Å². The molecule has 0 aromatic heterocycles. The number of anilines is 2. The van der Waals surface area contributed by atoms with E-state index < -0.39 is 39.2 Å². The SMILES string of the molecule is CS(=O)(=O)N(CC(=O)Nc1ccc(I)cc1)c1ccc(Cl)c(C(F)(F)F)c1. The number of halogens is 5.